The Labute approximate surface area is 208 Å². The lowest BCUT2D eigenvalue weighted by molar-refractivity contribution is -0.134. The van der Waals surface area contributed by atoms with Crippen molar-refractivity contribution in [2.45, 2.75) is 51.7 Å². The van der Waals surface area contributed by atoms with E-state index in [1.807, 2.05) is 53.6 Å². The average molecular weight is 488 g/mol. The van der Waals surface area contributed by atoms with Crippen LogP contribution in [0.15, 0.2) is 60.0 Å². The van der Waals surface area contributed by atoms with Gasteiger partial charge in [-0.1, -0.05) is 42.5 Å². The SMILES string of the molecule is Cc1nc2ccccc2n1Cc1csc(CNC(=O)CCC(=O)N2CCCC2c2ccccc2)n1. The molecule has 8 heteroatoms. The van der Waals surface area contributed by atoms with E-state index in [-0.39, 0.29) is 30.7 Å². The van der Waals surface area contributed by atoms with E-state index < -0.39 is 0 Å². The van der Waals surface area contributed by atoms with Gasteiger partial charge in [-0.15, -0.1) is 11.3 Å². The summed E-state index contributed by atoms with van der Waals surface area (Å²) in [6, 6.07) is 18.3. The van der Waals surface area contributed by atoms with Gasteiger partial charge < -0.3 is 14.8 Å². The van der Waals surface area contributed by atoms with E-state index in [2.05, 4.69) is 38.1 Å². The average Bonchev–Trinajstić information content (AvgIpc) is 3.61. The Bertz CT molecular complexity index is 1330. The lowest BCUT2D eigenvalue weighted by atomic mass is 10.0. The fourth-order valence-corrected chi connectivity index (χ4v) is 5.50. The fraction of sp³-hybridized carbons (Fsp3) is 0.333. The second-order valence-corrected chi connectivity index (χ2v) is 9.84. The molecule has 0 spiro atoms. The number of imidazole rings is 1. The van der Waals surface area contributed by atoms with Crippen LogP contribution in [0.3, 0.4) is 0 Å². The molecule has 5 rings (SSSR count). The number of aryl methyl sites for hydroxylation is 1. The molecule has 1 saturated heterocycles. The van der Waals surface area contributed by atoms with Gasteiger partial charge in [-0.05, 0) is 37.5 Å². The lowest BCUT2D eigenvalue weighted by Crippen LogP contribution is -2.32. The van der Waals surface area contributed by atoms with Crippen molar-refractivity contribution in [2.75, 3.05) is 6.54 Å². The number of likely N-dealkylation sites (tertiary alicyclic amines) is 1. The van der Waals surface area contributed by atoms with Crippen molar-refractivity contribution in [3.05, 3.63) is 82.1 Å². The Balaban J connectivity index is 1.11. The molecule has 3 heterocycles. The van der Waals surface area contributed by atoms with Crippen molar-refractivity contribution in [1.82, 2.24) is 24.8 Å². The highest BCUT2D eigenvalue weighted by Crippen LogP contribution is 2.32. The number of nitrogens with one attached hydrogen (secondary N) is 1. The lowest BCUT2D eigenvalue weighted by Gasteiger charge is -2.25. The second-order valence-electron chi connectivity index (χ2n) is 8.90. The Morgan fingerprint density at radius 2 is 1.86 bits per heavy atom. The van der Waals surface area contributed by atoms with Crippen LogP contribution in [0.25, 0.3) is 11.0 Å². The molecule has 1 aliphatic rings. The summed E-state index contributed by atoms with van der Waals surface area (Å²) in [4.78, 5) is 36.5. The van der Waals surface area contributed by atoms with Crippen molar-refractivity contribution in [3.8, 4) is 0 Å². The Hall–Kier alpha value is -3.52. The zero-order chi connectivity index (χ0) is 24.2. The molecule has 2 aromatic heterocycles. The molecule has 0 saturated carbocycles. The van der Waals surface area contributed by atoms with E-state index in [0.29, 0.717) is 13.1 Å². The van der Waals surface area contributed by atoms with Gasteiger partial charge in [-0.25, -0.2) is 9.97 Å². The van der Waals surface area contributed by atoms with E-state index in [1.54, 1.807) is 0 Å². The maximum Gasteiger partial charge on any atom is 0.223 e. The molecule has 1 fully saturated rings. The number of carbonyl (C=O) groups is 2. The molecule has 1 atom stereocenters. The molecule has 0 radical (unpaired) electrons. The number of thiazole rings is 1. The molecular formula is C27H29N5O2S. The molecule has 1 aliphatic heterocycles. The minimum atomic E-state index is -0.123. The first-order valence-corrected chi connectivity index (χ1v) is 12.9. The monoisotopic (exact) mass is 487 g/mol. The highest BCUT2D eigenvalue weighted by atomic mass is 32.1. The maximum absolute atomic E-state index is 12.8. The van der Waals surface area contributed by atoms with E-state index >= 15 is 0 Å². The topological polar surface area (TPSA) is 80.1 Å². The normalized spacial score (nSPS) is 15.6. The molecule has 2 aromatic carbocycles. The summed E-state index contributed by atoms with van der Waals surface area (Å²) in [6.45, 7) is 3.77. The van der Waals surface area contributed by atoms with Crippen LogP contribution in [-0.2, 0) is 22.7 Å². The van der Waals surface area contributed by atoms with Crippen LogP contribution in [0, 0.1) is 6.92 Å². The zero-order valence-corrected chi connectivity index (χ0v) is 20.6. The summed E-state index contributed by atoms with van der Waals surface area (Å²) in [6.07, 6.45) is 2.39. The van der Waals surface area contributed by atoms with Gasteiger partial charge >= 0.3 is 0 Å². The van der Waals surface area contributed by atoms with Crippen molar-refractivity contribution < 1.29 is 9.59 Å². The number of nitrogens with zero attached hydrogens (tertiary/aromatic N) is 4. The number of aromatic nitrogens is 3. The van der Waals surface area contributed by atoms with Crippen LogP contribution in [0.1, 0.15) is 53.8 Å². The van der Waals surface area contributed by atoms with Gasteiger partial charge in [0.25, 0.3) is 0 Å². The number of benzene rings is 2. The molecule has 180 valence electrons. The fourth-order valence-electron chi connectivity index (χ4n) is 4.77. The minimum Gasteiger partial charge on any atom is -0.350 e. The Morgan fingerprint density at radius 1 is 1.06 bits per heavy atom. The van der Waals surface area contributed by atoms with Crippen LogP contribution in [0.5, 0.6) is 0 Å². The summed E-state index contributed by atoms with van der Waals surface area (Å²) in [5.41, 5.74) is 4.18. The number of hydrogen-bond acceptors (Lipinski definition) is 5. The molecule has 1 unspecified atom stereocenters. The summed E-state index contributed by atoms with van der Waals surface area (Å²) in [7, 11) is 0. The highest BCUT2D eigenvalue weighted by molar-refractivity contribution is 7.09. The predicted molar refractivity (Wildman–Crippen MR) is 137 cm³/mol. The standard InChI is InChI=1S/C27H29N5O2S/c1-19-29-22-10-5-6-11-24(22)32(19)17-21-18-35-26(30-21)16-28-25(33)13-14-27(34)31-15-7-12-23(31)20-8-3-2-4-9-20/h2-6,8-11,18,23H,7,12-17H2,1H3,(H,28,33). The summed E-state index contributed by atoms with van der Waals surface area (Å²) in [5, 5.41) is 5.80. The first-order valence-electron chi connectivity index (χ1n) is 12.0. The molecule has 0 aliphatic carbocycles. The number of para-hydroxylation sites is 2. The van der Waals surface area contributed by atoms with Crippen molar-refractivity contribution in [2.24, 2.45) is 0 Å². The van der Waals surface area contributed by atoms with E-state index in [1.165, 1.54) is 16.9 Å². The van der Waals surface area contributed by atoms with Crippen LogP contribution in [0.2, 0.25) is 0 Å². The third-order valence-electron chi connectivity index (χ3n) is 6.53. The quantitative estimate of drug-likeness (QED) is 0.394. The van der Waals surface area contributed by atoms with Gasteiger partial charge in [-0.2, -0.15) is 0 Å². The van der Waals surface area contributed by atoms with Crippen molar-refractivity contribution in [3.63, 3.8) is 0 Å². The molecule has 7 nitrogen and oxygen atoms in total. The van der Waals surface area contributed by atoms with Gasteiger partial charge in [0.05, 0.1) is 35.9 Å². The van der Waals surface area contributed by atoms with Gasteiger partial charge in [-0.3, -0.25) is 9.59 Å². The van der Waals surface area contributed by atoms with Crippen LogP contribution < -0.4 is 5.32 Å². The smallest absolute Gasteiger partial charge is 0.223 e. The third-order valence-corrected chi connectivity index (χ3v) is 7.42. The van der Waals surface area contributed by atoms with E-state index in [9.17, 15) is 9.59 Å². The van der Waals surface area contributed by atoms with Gasteiger partial charge in [0, 0.05) is 24.8 Å². The molecule has 4 aromatic rings. The number of amides is 2. The summed E-state index contributed by atoms with van der Waals surface area (Å²) >= 11 is 1.53. The molecule has 2 amide bonds. The van der Waals surface area contributed by atoms with Crippen LogP contribution in [0.4, 0.5) is 0 Å². The summed E-state index contributed by atoms with van der Waals surface area (Å²) in [5.74, 6) is 0.874. The van der Waals surface area contributed by atoms with Crippen LogP contribution >= 0.6 is 11.3 Å². The Morgan fingerprint density at radius 3 is 2.71 bits per heavy atom. The zero-order valence-electron chi connectivity index (χ0n) is 19.8. The van der Waals surface area contributed by atoms with Crippen molar-refractivity contribution in [1.29, 1.82) is 0 Å². The molecular weight excluding hydrogens is 458 g/mol. The first kappa shape index (κ1) is 23.2. The second kappa shape index (κ2) is 10.4. The summed E-state index contributed by atoms with van der Waals surface area (Å²) < 4.78 is 2.15. The maximum atomic E-state index is 12.8. The third kappa shape index (κ3) is 5.27. The van der Waals surface area contributed by atoms with Crippen LogP contribution in [-0.4, -0.2) is 37.8 Å². The minimum absolute atomic E-state index is 0.0472. The van der Waals surface area contributed by atoms with E-state index in [0.717, 1.165) is 46.9 Å². The number of fused-ring (bicyclic) bond motifs is 1. The first-order chi connectivity index (χ1) is 17.1. The van der Waals surface area contributed by atoms with Crippen molar-refractivity contribution >= 4 is 34.2 Å². The predicted octanol–water partition coefficient (Wildman–Crippen LogP) is 4.61. The van der Waals surface area contributed by atoms with Gasteiger partial charge in [0.1, 0.15) is 10.8 Å². The number of carbonyl (C=O) groups excluding carboxylic acids is 2. The highest BCUT2D eigenvalue weighted by Gasteiger charge is 2.29. The largest absolute Gasteiger partial charge is 0.350 e. The number of rotatable bonds is 8. The number of hydrogen-bond donors (Lipinski definition) is 1. The van der Waals surface area contributed by atoms with Gasteiger partial charge in [0.15, 0.2) is 0 Å². The molecule has 35 heavy (non-hydrogen) atoms. The molecule has 0 bridgehead atoms. The van der Waals surface area contributed by atoms with E-state index in [4.69, 9.17) is 0 Å². The Kier molecular flexibility index (Phi) is 6.90. The molecule has 1 N–H and O–H groups in total. The van der Waals surface area contributed by atoms with Gasteiger partial charge in [0.2, 0.25) is 11.8 Å².